The van der Waals surface area contributed by atoms with Crippen LogP contribution in [0.3, 0.4) is 0 Å². The maximum atomic E-state index is 13.7. The second-order valence-electron chi connectivity index (χ2n) is 8.56. The summed E-state index contributed by atoms with van der Waals surface area (Å²) >= 11 is 14.4. The number of hydrogen-bond acceptors (Lipinski definition) is 3. The predicted molar refractivity (Wildman–Crippen MR) is 145 cm³/mol. The third-order valence-electron chi connectivity index (χ3n) is 6.18. The van der Waals surface area contributed by atoms with E-state index in [2.05, 4.69) is 18.4 Å². The van der Waals surface area contributed by atoms with Gasteiger partial charge in [0, 0.05) is 34.1 Å². The molecule has 0 saturated carbocycles. The Kier molecular flexibility index (Phi) is 8.66. The van der Waals surface area contributed by atoms with E-state index >= 15 is 0 Å². The van der Waals surface area contributed by atoms with Gasteiger partial charge in [0.05, 0.1) is 6.04 Å². The number of benzene rings is 2. The minimum absolute atomic E-state index is 0.0269. The van der Waals surface area contributed by atoms with Gasteiger partial charge >= 0.3 is 0 Å². The fraction of sp³-hybridized carbons (Fsp3) is 0.286. The zero-order chi connectivity index (χ0) is 24.8. The summed E-state index contributed by atoms with van der Waals surface area (Å²) in [6, 6.07) is 16.9. The molecule has 2 heterocycles. The zero-order valence-corrected chi connectivity index (χ0v) is 22.0. The van der Waals surface area contributed by atoms with Crippen LogP contribution in [0.4, 0.5) is 0 Å². The van der Waals surface area contributed by atoms with Crippen molar-refractivity contribution in [3.8, 4) is 0 Å². The van der Waals surface area contributed by atoms with Gasteiger partial charge in [0.2, 0.25) is 11.8 Å². The number of hydrogen-bond donors (Lipinski definition) is 0. The third-order valence-corrected chi connectivity index (χ3v) is 7.74. The number of carbonyl (C=O) groups is 2. The van der Waals surface area contributed by atoms with Gasteiger partial charge in [-0.15, -0.1) is 11.3 Å². The van der Waals surface area contributed by atoms with Crippen molar-refractivity contribution in [3.05, 3.63) is 97.7 Å². The van der Waals surface area contributed by atoms with E-state index in [1.165, 1.54) is 4.88 Å². The van der Waals surface area contributed by atoms with Crippen LogP contribution in [0.1, 0.15) is 47.4 Å². The maximum Gasteiger partial charge on any atom is 0.247 e. The highest BCUT2D eigenvalue weighted by atomic mass is 35.5. The molecule has 1 unspecified atom stereocenters. The number of carbonyl (C=O) groups excluding carboxylic acids is 2. The molecule has 0 aliphatic carbocycles. The van der Waals surface area contributed by atoms with Gasteiger partial charge in [-0.1, -0.05) is 72.9 Å². The summed E-state index contributed by atoms with van der Waals surface area (Å²) in [4.78, 5) is 31.5. The van der Waals surface area contributed by atoms with Gasteiger partial charge in [-0.3, -0.25) is 9.59 Å². The molecule has 1 atom stereocenters. The summed E-state index contributed by atoms with van der Waals surface area (Å²) in [6.45, 7) is 3.21. The third kappa shape index (κ3) is 6.16. The molecule has 182 valence electrons. The molecule has 0 saturated heterocycles. The van der Waals surface area contributed by atoms with Crippen molar-refractivity contribution in [1.29, 1.82) is 0 Å². The lowest BCUT2D eigenvalue weighted by atomic mass is 9.93. The molecule has 0 radical (unpaired) electrons. The number of nitrogens with zero attached hydrogens (tertiary/aromatic N) is 2. The monoisotopic (exact) mass is 526 g/mol. The van der Waals surface area contributed by atoms with Crippen LogP contribution in [0.2, 0.25) is 10.0 Å². The Hall–Kier alpha value is -2.60. The first-order chi connectivity index (χ1) is 17.0. The van der Waals surface area contributed by atoms with Crippen LogP contribution in [0.15, 0.2) is 66.1 Å². The quantitative estimate of drug-likeness (QED) is 0.300. The summed E-state index contributed by atoms with van der Waals surface area (Å²) in [7, 11) is 0. The fourth-order valence-corrected chi connectivity index (χ4v) is 5.77. The highest BCUT2D eigenvalue weighted by molar-refractivity contribution is 7.10. The first-order valence-electron chi connectivity index (χ1n) is 11.8. The summed E-state index contributed by atoms with van der Waals surface area (Å²) < 4.78 is 0. The fourth-order valence-electron chi connectivity index (χ4n) is 4.35. The molecule has 0 fully saturated rings. The Morgan fingerprint density at radius 3 is 2.66 bits per heavy atom. The molecule has 35 heavy (non-hydrogen) atoms. The van der Waals surface area contributed by atoms with Crippen molar-refractivity contribution in [3.63, 3.8) is 0 Å². The highest BCUT2D eigenvalue weighted by Gasteiger charge is 2.34. The Morgan fingerprint density at radius 1 is 1.11 bits per heavy atom. The van der Waals surface area contributed by atoms with Gasteiger partial charge < -0.3 is 9.80 Å². The van der Waals surface area contributed by atoms with Gasteiger partial charge in [-0.05, 0) is 59.2 Å². The van der Waals surface area contributed by atoms with Gasteiger partial charge in [0.25, 0.3) is 0 Å². The molecule has 4 rings (SSSR count). The average molecular weight is 528 g/mol. The van der Waals surface area contributed by atoms with E-state index in [1.807, 2.05) is 41.3 Å². The standard InChI is InChI=1S/C28H28Cl2N2O2S/c1-2-3-15-31(26(33)12-9-20-7-5-4-6-8-20)19-27(34)32-16-13-25-23(14-17-35-25)28(32)22-11-10-21(29)18-24(22)30/h4-12,14,17-18,28H,2-3,13,15-16,19H2,1H3. The molecule has 0 N–H and O–H groups in total. The largest absolute Gasteiger partial charge is 0.330 e. The maximum absolute atomic E-state index is 13.7. The lowest BCUT2D eigenvalue weighted by molar-refractivity contribution is -0.139. The molecular weight excluding hydrogens is 499 g/mol. The van der Waals surface area contributed by atoms with Gasteiger partial charge in [0.1, 0.15) is 6.54 Å². The minimum Gasteiger partial charge on any atom is -0.330 e. The van der Waals surface area contributed by atoms with E-state index in [-0.39, 0.29) is 24.4 Å². The van der Waals surface area contributed by atoms with Gasteiger partial charge in [-0.2, -0.15) is 0 Å². The topological polar surface area (TPSA) is 40.6 Å². The molecule has 1 aliphatic heterocycles. The van der Waals surface area contributed by atoms with E-state index in [0.717, 1.165) is 36.0 Å². The molecule has 1 aliphatic rings. The molecule has 0 bridgehead atoms. The predicted octanol–water partition coefficient (Wildman–Crippen LogP) is 6.87. The zero-order valence-electron chi connectivity index (χ0n) is 19.6. The molecule has 1 aromatic heterocycles. The molecule has 2 amide bonds. The Labute approximate surface area is 220 Å². The van der Waals surface area contributed by atoms with Crippen LogP contribution >= 0.6 is 34.5 Å². The summed E-state index contributed by atoms with van der Waals surface area (Å²) in [6.07, 6.45) is 5.90. The van der Waals surface area contributed by atoms with Crippen molar-refractivity contribution in [1.82, 2.24) is 9.80 Å². The Bertz CT molecular complexity index is 1210. The lowest BCUT2D eigenvalue weighted by Crippen LogP contribution is -2.46. The molecule has 7 heteroatoms. The van der Waals surface area contributed by atoms with Crippen molar-refractivity contribution >= 4 is 52.4 Å². The molecule has 0 spiro atoms. The summed E-state index contributed by atoms with van der Waals surface area (Å²) in [5.74, 6) is -0.250. The van der Waals surface area contributed by atoms with Crippen molar-refractivity contribution in [2.45, 2.75) is 32.2 Å². The Morgan fingerprint density at radius 2 is 1.91 bits per heavy atom. The van der Waals surface area contributed by atoms with Gasteiger partial charge in [-0.25, -0.2) is 0 Å². The Balaban J connectivity index is 1.58. The minimum atomic E-state index is -0.301. The summed E-state index contributed by atoms with van der Waals surface area (Å²) in [5, 5.41) is 3.14. The molecule has 4 nitrogen and oxygen atoms in total. The highest BCUT2D eigenvalue weighted by Crippen LogP contribution is 2.41. The average Bonchev–Trinajstić information content (AvgIpc) is 3.34. The van der Waals surface area contributed by atoms with E-state index in [9.17, 15) is 9.59 Å². The number of unbranched alkanes of at least 4 members (excludes halogenated alkanes) is 1. The smallest absolute Gasteiger partial charge is 0.247 e. The van der Waals surface area contributed by atoms with Crippen molar-refractivity contribution < 1.29 is 9.59 Å². The van der Waals surface area contributed by atoms with Gasteiger partial charge in [0.15, 0.2) is 0 Å². The number of amides is 2. The van der Waals surface area contributed by atoms with E-state index in [4.69, 9.17) is 23.2 Å². The van der Waals surface area contributed by atoms with E-state index in [0.29, 0.717) is 23.1 Å². The van der Waals surface area contributed by atoms with Crippen LogP contribution in [0.25, 0.3) is 6.08 Å². The molecular formula is C28H28Cl2N2O2S. The van der Waals surface area contributed by atoms with Crippen LogP contribution < -0.4 is 0 Å². The first-order valence-corrected chi connectivity index (χ1v) is 13.4. The number of thiophene rings is 1. The van der Waals surface area contributed by atoms with Crippen molar-refractivity contribution in [2.24, 2.45) is 0 Å². The summed E-state index contributed by atoms with van der Waals surface area (Å²) in [5.41, 5.74) is 2.88. The normalized spacial score (nSPS) is 15.3. The van der Waals surface area contributed by atoms with E-state index < -0.39 is 0 Å². The van der Waals surface area contributed by atoms with Crippen LogP contribution in [0, 0.1) is 0 Å². The van der Waals surface area contributed by atoms with Crippen molar-refractivity contribution in [2.75, 3.05) is 19.6 Å². The van der Waals surface area contributed by atoms with Crippen LogP contribution in [-0.2, 0) is 16.0 Å². The second kappa shape index (κ2) is 11.9. The van der Waals surface area contributed by atoms with E-state index in [1.54, 1.807) is 40.5 Å². The first kappa shape index (κ1) is 25.5. The second-order valence-corrected chi connectivity index (χ2v) is 10.4. The van der Waals surface area contributed by atoms with Crippen LogP contribution in [0.5, 0.6) is 0 Å². The van der Waals surface area contributed by atoms with Crippen LogP contribution in [-0.4, -0.2) is 41.2 Å². The SMILES string of the molecule is CCCCN(CC(=O)N1CCc2sccc2C1c1ccc(Cl)cc1Cl)C(=O)C=Cc1ccccc1. The molecule has 3 aromatic rings. The number of rotatable bonds is 8. The lowest BCUT2D eigenvalue weighted by Gasteiger charge is -2.38. The number of halogens is 2. The molecule has 2 aromatic carbocycles. The number of fused-ring (bicyclic) bond motifs is 1.